The second kappa shape index (κ2) is 6.73. The van der Waals surface area contributed by atoms with Gasteiger partial charge in [0.1, 0.15) is 0 Å². The van der Waals surface area contributed by atoms with Crippen LogP contribution in [0.1, 0.15) is 12.5 Å². The van der Waals surface area contributed by atoms with Gasteiger partial charge in [-0.05, 0) is 24.3 Å². The van der Waals surface area contributed by atoms with E-state index in [9.17, 15) is 8.42 Å². The Kier molecular flexibility index (Phi) is 4.98. The number of benzene rings is 1. The zero-order valence-corrected chi connectivity index (χ0v) is 12.7. The van der Waals surface area contributed by atoms with Gasteiger partial charge in [0.15, 0.2) is 9.84 Å². The molecule has 1 aromatic heterocycles. The van der Waals surface area contributed by atoms with Crippen LogP contribution >= 0.6 is 0 Å². The summed E-state index contributed by atoms with van der Waals surface area (Å²) in [5.74, 6) is 0.101. The highest BCUT2D eigenvalue weighted by Gasteiger charge is 2.10. The van der Waals surface area contributed by atoms with Gasteiger partial charge in [-0.15, -0.1) is 0 Å². The summed E-state index contributed by atoms with van der Waals surface area (Å²) in [6, 6.07) is 6.72. The van der Waals surface area contributed by atoms with Crippen LogP contribution in [-0.4, -0.2) is 35.7 Å². The van der Waals surface area contributed by atoms with E-state index in [0.29, 0.717) is 18.0 Å². The van der Waals surface area contributed by atoms with E-state index in [1.807, 2.05) is 6.20 Å². The summed E-state index contributed by atoms with van der Waals surface area (Å²) in [7, 11) is -3.15. The Balaban J connectivity index is 1.97. The topological polar surface area (TPSA) is 84.2 Å². The highest BCUT2D eigenvalue weighted by molar-refractivity contribution is 7.91. The van der Waals surface area contributed by atoms with E-state index in [0.717, 1.165) is 11.3 Å². The zero-order chi connectivity index (χ0) is 15.3. The van der Waals surface area contributed by atoms with E-state index < -0.39 is 9.84 Å². The predicted octanol–water partition coefficient (Wildman–Crippen LogP) is 1.28. The number of sulfone groups is 1. The molecule has 7 heteroatoms. The Bertz CT molecular complexity index is 678. The molecule has 0 amide bonds. The van der Waals surface area contributed by atoms with Crippen LogP contribution in [0.25, 0.3) is 0 Å². The zero-order valence-electron chi connectivity index (χ0n) is 11.9. The lowest BCUT2D eigenvalue weighted by molar-refractivity contribution is 0.269. The molecule has 0 aliphatic rings. The molecule has 2 N–H and O–H groups in total. The van der Waals surface area contributed by atoms with Crippen LogP contribution in [0.2, 0.25) is 0 Å². The smallest absolute Gasteiger partial charge is 0.178 e. The van der Waals surface area contributed by atoms with Gasteiger partial charge in [-0.3, -0.25) is 4.68 Å². The van der Waals surface area contributed by atoms with Crippen LogP contribution in [0.5, 0.6) is 0 Å². The molecule has 1 aromatic carbocycles. The van der Waals surface area contributed by atoms with Crippen LogP contribution < -0.4 is 5.32 Å². The van der Waals surface area contributed by atoms with Crippen molar-refractivity contribution >= 4 is 15.5 Å². The monoisotopic (exact) mass is 309 g/mol. The average molecular weight is 309 g/mol. The summed E-state index contributed by atoms with van der Waals surface area (Å²) >= 11 is 0. The third-order valence-electron chi connectivity index (χ3n) is 3.11. The summed E-state index contributed by atoms with van der Waals surface area (Å²) in [5, 5.41) is 16.1. The molecule has 0 spiro atoms. The third kappa shape index (κ3) is 4.05. The number of nitrogens with zero attached hydrogens (tertiary/aromatic N) is 2. The first-order valence-electron chi connectivity index (χ1n) is 6.74. The second-order valence-electron chi connectivity index (χ2n) is 4.62. The van der Waals surface area contributed by atoms with E-state index in [-0.39, 0.29) is 12.4 Å². The fourth-order valence-electron chi connectivity index (χ4n) is 1.87. The van der Waals surface area contributed by atoms with Crippen LogP contribution in [0.3, 0.4) is 0 Å². The second-order valence-corrected chi connectivity index (χ2v) is 6.89. The molecule has 0 aliphatic heterocycles. The van der Waals surface area contributed by atoms with Gasteiger partial charge in [0, 0.05) is 24.0 Å². The van der Waals surface area contributed by atoms with Crippen molar-refractivity contribution in [2.45, 2.75) is 24.9 Å². The number of nitrogens with one attached hydrogen (secondary N) is 1. The van der Waals surface area contributed by atoms with Crippen LogP contribution in [0.4, 0.5) is 5.69 Å². The summed E-state index contributed by atoms with van der Waals surface area (Å²) in [4.78, 5) is 0.339. The molecule has 21 heavy (non-hydrogen) atoms. The van der Waals surface area contributed by atoms with Crippen molar-refractivity contribution in [2.75, 3.05) is 17.7 Å². The molecule has 0 bridgehead atoms. The van der Waals surface area contributed by atoms with Crippen molar-refractivity contribution in [2.24, 2.45) is 0 Å². The van der Waals surface area contributed by atoms with Crippen molar-refractivity contribution in [3.63, 3.8) is 0 Å². The van der Waals surface area contributed by atoms with Gasteiger partial charge >= 0.3 is 0 Å². The minimum Gasteiger partial charge on any atom is -0.394 e. The molecule has 0 unspecified atom stereocenters. The quantitative estimate of drug-likeness (QED) is 0.805. The van der Waals surface area contributed by atoms with Gasteiger partial charge in [-0.1, -0.05) is 6.92 Å². The normalized spacial score (nSPS) is 11.5. The predicted molar refractivity (Wildman–Crippen MR) is 80.8 cm³/mol. The van der Waals surface area contributed by atoms with E-state index >= 15 is 0 Å². The molecule has 0 saturated heterocycles. The van der Waals surface area contributed by atoms with Gasteiger partial charge in [-0.2, -0.15) is 5.10 Å². The lowest BCUT2D eigenvalue weighted by Crippen LogP contribution is -2.04. The number of aliphatic hydroxyl groups is 1. The first-order chi connectivity index (χ1) is 10.0. The summed E-state index contributed by atoms with van der Waals surface area (Å²) < 4.78 is 25.1. The lowest BCUT2D eigenvalue weighted by atomic mass is 10.3. The molecular weight excluding hydrogens is 290 g/mol. The number of hydrogen-bond donors (Lipinski definition) is 2. The Labute approximate surface area is 124 Å². The van der Waals surface area contributed by atoms with Crippen molar-refractivity contribution in [1.82, 2.24) is 9.78 Å². The maximum atomic E-state index is 11.7. The summed E-state index contributed by atoms with van der Waals surface area (Å²) in [5.41, 5.74) is 1.84. The van der Waals surface area contributed by atoms with E-state index in [1.54, 1.807) is 42.1 Å². The number of aliphatic hydroxyl groups excluding tert-OH is 1. The first kappa shape index (κ1) is 15.5. The summed E-state index contributed by atoms with van der Waals surface area (Å²) in [6.45, 7) is 2.75. The summed E-state index contributed by atoms with van der Waals surface area (Å²) in [6.07, 6.45) is 3.59. The molecule has 2 aromatic rings. The maximum Gasteiger partial charge on any atom is 0.178 e. The Hall–Kier alpha value is -1.86. The molecule has 1 heterocycles. The molecular formula is C14H19N3O3S. The van der Waals surface area contributed by atoms with E-state index in [4.69, 9.17) is 5.11 Å². The number of hydrogen-bond acceptors (Lipinski definition) is 5. The van der Waals surface area contributed by atoms with E-state index in [1.165, 1.54) is 0 Å². The van der Waals surface area contributed by atoms with Gasteiger partial charge in [0.2, 0.25) is 0 Å². The van der Waals surface area contributed by atoms with Gasteiger partial charge in [-0.25, -0.2) is 8.42 Å². The van der Waals surface area contributed by atoms with Gasteiger partial charge in [0.05, 0.1) is 30.0 Å². The third-order valence-corrected chi connectivity index (χ3v) is 4.86. The molecule has 114 valence electrons. The van der Waals surface area contributed by atoms with Crippen molar-refractivity contribution in [3.8, 4) is 0 Å². The fraction of sp³-hybridized carbons (Fsp3) is 0.357. The minimum absolute atomic E-state index is 0.0575. The Morgan fingerprint density at radius 2 is 2.00 bits per heavy atom. The SMILES string of the molecule is CCS(=O)(=O)c1ccc(NCc2cnn(CCO)c2)cc1. The molecule has 6 nitrogen and oxygen atoms in total. The minimum atomic E-state index is -3.15. The molecule has 0 aliphatic carbocycles. The fourth-order valence-corrected chi connectivity index (χ4v) is 2.76. The van der Waals surface area contributed by atoms with Crippen LogP contribution in [0, 0.1) is 0 Å². The van der Waals surface area contributed by atoms with Gasteiger partial charge < -0.3 is 10.4 Å². The van der Waals surface area contributed by atoms with Crippen molar-refractivity contribution in [1.29, 1.82) is 0 Å². The maximum absolute atomic E-state index is 11.7. The Morgan fingerprint density at radius 3 is 2.62 bits per heavy atom. The number of anilines is 1. The number of aromatic nitrogens is 2. The lowest BCUT2D eigenvalue weighted by Gasteiger charge is -2.06. The Morgan fingerprint density at radius 1 is 1.29 bits per heavy atom. The highest BCUT2D eigenvalue weighted by Crippen LogP contribution is 2.16. The number of rotatable bonds is 7. The van der Waals surface area contributed by atoms with E-state index in [2.05, 4.69) is 10.4 Å². The highest BCUT2D eigenvalue weighted by atomic mass is 32.2. The van der Waals surface area contributed by atoms with Crippen LogP contribution in [0.15, 0.2) is 41.6 Å². The van der Waals surface area contributed by atoms with Gasteiger partial charge in [0.25, 0.3) is 0 Å². The molecule has 0 radical (unpaired) electrons. The molecule has 2 rings (SSSR count). The molecule has 0 atom stereocenters. The standard InChI is InChI=1S/C14H19N3O3S/c1-2-21(19,20)14-5-3-13(4-6-14)15-9-12-10-16-17(11-12)7-8-18/h3-6,10-11,15,18H,2,7-9H2,1H3. The average Bonchev–Trinajstić information content (AvgIpc) is 2.94. The molecule has 0 fully saturated rings. The van der Waals surface area contributed by atoms with Crippen molar-refractivity contribution in [3.05, 3.63) is 42.2 Å². The van der Waals surface area contributed by atoms with Crippen molar-refractivity contribution < 1.29 is 13.5 Å². The largest absolute Gasteiger partial charge is 0.394 e. The molecule has 0 saturated carbocycles. The van der Waals surface area contributed by atoms with Crippen LogP contribution in [-0.2, 0) is 22.9 Å². The first-order valence-corrected chi connectivity index (χ1v) is 8.39.